The Labute approximate surface area is 248 Å². The number of hydrogen-bond acceptors (Lipinski definition) is 7. The zero-order chi connectivity index (χ0) is 29.6. The summed E-state index contributed by atoms with van der Waals surface area (Å²) in [5.41, 5.74) is 2.40. The van der Waals surface area contributed by atoms with E-state index in [0.29, 0.717) is 15.8 Å². The SMILES string of the molecule is COC(=O)CNC(=O)C(C)N=C(NS(=O)(=O)c1ccc(Cl)cc1)N1CC(c2ccccc2)C(c2ccc(Cl)cc2)=N1. The summed E-state index contributed by atoms with van der Waals surface area (Å²) in [6.45, 7) is 1.33. The zero-order valence-electron chi connectivity index (χ0n) is 22.1. The van der Waals surface area contributed by atoms with Crippen molar-refractivity contribution in [3.05, 3.63) is 100 Å². The van der Waals surface area contributed by atoms with Crippen LogP contribution in [0.15, 0.2) is 93.9 Å². The molecule has 41 heavy (non-hydrogen) atoms. The highest BCUT2D eigenvalue weighted by molar-refractivity contribution is 7.90. The monoisotopic (exact) mass is 615 g/mol. The first-order valence-corrected chi connectivity index (χ1v) is 14.7. The first kappa shape index (κ1) is 30.0. The van der Waals surface area contributed by atoms with Crippen molar-refractivity contribution in [3.63, 3.8) is 0 Å². The Balaban J connectivity index is 1.74. The predicted molar refractivity (Wildman–Crippen MR) is 158 cm³/mol. The van der Waals surface area contributed by atoms with Crippen molar-refractivity contribution in [2.45, 2.75) is 23.8 Å². The highest BCUT2D eigenvalue weighted by atomic mass is 35.5. The van der Waals surface area contributed by atoms with Crippen molar-refractivity contribution in [3.8, 4) is 0 Å². The average Bonchev–Trinajstić information content (AvgIpc) is 3.42. The first-order valence-electron chi connectivity index (χ1n) is 12.4. The number of methoxy groups -OCH3 is 1. The minimum Gasteiger partial charge on any atom is -0.468 e. The van der Waals surface area contributed by atoms with E-state index in [4.69, 9.17) is 28.3 Å². The Kier molecular flexibility index (Phi) is 9.64. The minimum atomic E-state index is -4.16. The Morgan fingerprint density at radius 1 is 1.02 bits per heavy atom. The van der Waals surface area contributed by atoms with Gasteiger partial charge in [-0.25, -0.2) is 23.1 Å². The van der Waals surface area contributed by atoms with Crippen molar-refractivity contribution in [1.82, 2.24) is 15.0 Å². The highest BCUT2D eigenvalue weighted by Crippen LogP contribution is 2.30. The van der Waals surface area contributed by atoms with Crippen LogP contribution in [0.5, 0.6) is 0 Å². The number of hydrogen-bond donors (Lipinski definition) is 2. The number of carbonyl (C=O) groups is 2. The molecule has 0 aromatic heterocycles. The average molecular weight is 617 g/mol. The van der Waals surface area contributed by atoms with Gasteiger partial charge in [0.25, 0.3) is 10.0 Å². The molecular formula is C28H27Cl2N5O5S. The molecule has 1 aliphatic heterocycles. The lowest BCUT2D eigenvalue weighted by molar-refractivity contribution is -0.141. The van der Waals surface area contributed by atoms with Gasteiger partial charge < -0.3 is 10.1 Å². The van der Waals surface area contributed by atoms with E-state index in [9.17, 15) is 18.0 Å². The van der Waals surface area contributed by atoms with E-state index in [2.05, 4.69) is 19.8 Å². The maximum Gasteiger partial charge on any atom is 0.325 e. The molecule has 1 heterocycles. The molecule has 2 unspecified atom stereocenters. The normalized spacial score (nSPS) is 16.1. The molecule has 13 heteroatoms. The number of carbonyl (C=O) groups excluding carboxylic acids is 2. The second-order valence-corrected chi connectivity index (χ2v) is 11.6. The van der Waals surface area contributed by atoms with Gasteiger partial charge in [-0.3, -0.25) is 9.59 Å². The van der Waals surface area contributed by atoms with E-state index < -0.39 is 27.9 Å². The summed E-state index contributed by atoms with van der Waals surface area (Å²) in [6.07, 6.45) is 0. The largest absolute Gasteiger partial charge is 0.468 e. The predicted octanol–water partition coefficient (Wildman–Crippen LogP) is 3.81. The Morgan fingerprint density at radius 3 is 2.24 bits per heavy atom. The quantitative estimate of drug-likeness (QED) is 0.225. The number of guanidine groups is 1. The molecule has 2 N–H and O–H groups in total. The van der Waals surface area contributed by atoms with Gasteiger partial charge in [0.2, 0.25) is 11.9 Å². The third-order valence-corrected chi connectivity index (χ3v) is 8.03. The molecule has 3 aromatic rings. The molecule has 0 aliphatic carbocycles. The Bertz CT molecular complexity index is 1560. The molecule has 2 atom stereocenters. The first-order chi connectivity index (χ1) is 19.6. The molecule has 1 amide bonds. The number of aliphatic imine (C=N–C) groups is 1. The second-order valence-electron chi connectivity index (χ2n) is 9.02. The number of benzene rings is 3. The van der Waals surface area contributed by atoms with Crippen LogP contribution in [0, 0.1) is 0 Å². The number of sulfonamides is 1. The van der Waals surface area contributed by atoms with Crippen LogP contribution in [-0.2, 0) is 24.3 Å². The summed E-state index contributed by atoms with van der Waals surface area (Å²) in [7, 11) is -2.96. The fourth-order valence-electron chi connectivity index (χ4n) is 4.02. The minimum absolute atomic E-state index is 0.0573. The van der Waals surface area contributed by atoms with Crippen molar-refractivity contribution in [2.75, 3.05) is 20.2 Å². The van der Waals surface area contributed by atoms with E-state index in [0.717, 1.165) is 11.1 Å². The number of nitrogens with one attached hydrogen (secondary N) is 2. The number of rotatable bonds is 8. The van der Waals surface area contributed by atoms with Gasteiger partial charge in [0.15, 0.2) is 0 Å². The lowest BCUT2D eigenvalue weighted by Gasteiger charge is -2.21. The molecule has 0 spiro atoms. The van der Waals surface area contributed by atoms with Gasteiger partial charge in [0, 0.05) is 16.0 Å². The van der Waals surface area contributed by atoms with Crippen molar-refractivity contribution in [1.29, 1.82) is 0 Å². The number of ether oxygens (including phenoxy) is 1. The lowest BCUT2D eigenvalue weighted by atomic mass is 9.91. The Hall–Kier alpha value is -3.93. The maximum absolute atomic E-state index is 13.4. The molecule has 1 aliphatic rings. The summed E-state index contributed by atoms with van der Waals surface area (Å²) in [5, 5.41) is 9.53. The Morgan fingerprint density at radius 2 is 1.63 bits per heavy atom. The van der Waals surface area contributed by atoms with Gasteiger partial charge in [-0.1, -0.05) is 65.7 Å². The van der Waals surface area contributed by atoms with Gasteiger partial charge >= 0.3 is 5.97 Å². The van der Waals surface area contributed by atoms with Gasteiger partial charge in [0.05, 0.1) is 24.3 Å². The molecule has 4 rings (SSSR count). The van der Waals surface area contributed by atoms with Crippen LogP contribution >= 0.6 is 23.2 Å². The second kappa shape index (κ2) is 13.2. The molecule has 0 saturated heterocycles. The van der Waals surface area contributed by atoms with Gasteiger partial charge in [-0.2, -0.15) is 5.10 Å². The highest BCUT2D eigenvalue weighted by Gasteiger charge is 2.33. The van der Waals surface area contributed by atoms with Gasteiger partial charge in [0.1, 0.15) is 12.6 Å². The number of halogens is 2. The van der Waals surface area contributed by atoms with E-state index in [1.807, 2.05) is 42.5 Å². The van der Waals surface area contributed by atoms with Crippen molar-refractivity contribution in [2.24, 2.45) is 10.1 Å². The fraction of sp³-hybridized carbons (Fsp3) is 0.214. The summed E-state index contributed by atoms with van der Waals surface area (Å²) in [5.74, 6) is -1.68. The molecule has 10 nitrogen and oxygen atoms in total. The summed E-state index contributed by atoms with van der Waals surface area (Å²) < 4.78 is 33.8. The molecule has 0 fully saturated rings. The van der Waals surface area contributed by atoms with E-state index in [1.54, 1.807) is 12.1 Å². The van der Waals surface area contributed by atoms with Gasteiger partial charge in [-0.05, 0) is 54.4 Å². The molecule has 0 radical (unpaired) electrons. The number of hydrazone groups is 1. The standard InChI is InChI=1S/C28H27Cl2N5O5S/c1-18(27(37)31-16-25(36)40-2)32-28(34-41(38,39)23-14-12-22(30)13-15-23)35-17-24(19-6-4-3-5-7-19)26(33-35)20-8-10-21(29)11-9-20/h3-15,18,24H,16-17H2,1-2H3,(H,31,37)(H,32,34). The van der Waals surface area contributed by atoms with Crippen LogP contribution in [0.3, 0.4) is 0 Å². The number of amides is 1. The number of esters is 1. The van der Waals surface area contributed by atoms with Crippen LogP contribution in [0.4, 0.5) is 0 Å². The van der Waals surface area contributed by atoms with Crippen LogP contribution in [0.1, 0.15) is 24.0 Å². The third-order valence-electron chi connectivity index (χ3n) is 6.18. The van der Waals surface area contributed by atoms with E-state index in [1.165, 1.54) is 43.3 Å². The molecular weight excluding hydrogens is 589 g/mol. The smallest absolute Gasteiger partial charge is 0.325 e. The van der Waals surface area contributed by atoms with E-state index in [-0.39, 0.29) is 29.9 Å². The van der Waals surface area contributed by atoms with Crippen molar-refractivity contribution < 1.29 is 22.7 Å². The number of nitrogens with zero attached hydrogens (tertiary/aromatic N) is 3. The van der Waals surface area contributed by atoms with Crippen LogP contribution in [-0.4, -0.2) is 63.2 Å². The lowest BCUT2D eigenvalue weighted by Crippen LogP contribution is -2.44. The topological polar surface area (TPSA) is 130 Å². The molecule has 214 valence electrons. The molecule has 0 bridgehead atoms. The summed E-state index contributed by atoms with van der Waals surface area (Å²) >= 11 is 12.1. The third kappa shape index (κ3) is 7.63. The van der Waals surface area contributed by atoms with E-state index >= 15 is 0 Å². The zero-order valence-corrected chi connectivity index (χ0v) is 24.4. The maximum atomic E-state index is 13.4. The van der Waals surface area contributed by atoms with Crippen LogP contribution in [0.2, 0.25) is 10.0 Å². The fourth-order valence-corrected chi connectivity index (χ4v) is 5.28. The van der Waals surface area contributed by atoms with Crippen LogP contribution in [0.25, 0.3) is 0 Å². The summed E-state index contributed by atoms with van der Waals surface area (Å²) in [6, 6.07) is 21.3. The van der Waals surface area contributed by atoms with Crippen molar-refractivity contribution >= 4 is 56.8 Å². The summed E-state index contributed by atoms with van der Waals surface area (Å²) in [4.78, 5) is 28.5. The van der Waals surface area contributed by atoms with Gasteiger partial charge in [-0.15, -0.1) is 0 Å². The van der Waals surface area contributed by atoms with Crippen LogP contribution < -0.4 is 10.0 Å². The molecule has 3 aromatic carbocycles. The molecule has 0 saturated carbocycles.